The van der Waals surface area contributed by atoms with E-state index < -0.39 is 0 Å². The van der Waals surface area contributed by atoms with Crippen molar-refractivity contribution in [3.63, 3.8) is 0 Å². The van der Waals surface area contributed by atoms with E-state index in [1.807, 2.05) is 24.4 Å². The molecule has 1 nitrogen and oxygen atoms in total. The van der Waals surface area contributed by atoms with Crippen LogP contribution in [-0.2, 0) is 0 Å². The van der Waals surface area contributed by atoms with Gasteiger partial charge in [0.15, 0.2) is 0 Å². The topological polar surface area (TPSA) is 12.4 Å². The standard InChI is InChI=1S/C8H5BrClN/c9-6-3-5-1-2-11-8(5)4-7(6)10/h1-4,8H. The fraction of sp³-hybridized carbons (Fsp3) is 0.125. The summed E-state index contributed by atoms with van der Waals surface area (Å²) in [6.07, 6.45) is 7.73. The zero-order valence-electron chi connectivity index (χ0n) is 5.59. The van der Waals surface area contributed by atoms with Crippen molar-refractivity contribution in [2.45, 2.75) is 6.04 Å². The Kier molecular flexibility index (Phi) is 1.74. The van der Waals surface area contributed by atoms with Gasteiger partial charge < -0.3 is 0 Å². The molecule has 1 aliphatic heterocycles. The van der Waals surface area contributed by atoms with Gasteiger partial charge in [0.25, 0.3) is 0 Å². The van der Waals surface area contributed by atoms with Crippen molar-refractivity contribution in [2.75, 3.05) is 0 Å². The van der Waals surface area contributed by atoms with E-state index in [1.54, 1.807) is 0 Å². The highest BCUT2D eigenvalue weighted by molar-refractivity contribution is 9.12. The summed E-state index contributed by atoms with van der Waals surface area (Å²) in [7, 11) is 0. The van der Waals surface area contributed by atoms with Gasteiger partial charge in [0.2, 0.25) is 0 Å². The maximum absolute atomic E-state index is 5.88. The molecule has 2 aliphatic rings. The van der Waals surface area contributed by atoms with Gasteiger partial charge in [0.05, 0.1) is 11.1 Å². The Bertz CT molecular complexity index is 312. The molecule has 0 saturated carbocycles. The number of fused-ring (bicyclic) bond motifs is 1. The van der Waals surface area contributed by atoms with Crippen LogP contribution in [0.15, 0.2) is 38.3 Å². The Morgan fingerprint density at radius 3 is 3.18 bits per heavy atom. The van der Waals surface area contributed by atoms with Gasteiger partial charge in [-0.25, -0.2) is 0 Å². The molecule has 0 aromatic heterocycles. The van der Waals surface area contributed by atoms with Crippen LogP contribution in [0.5, 0.6) is 0 Å². The molecule has 0 amide bonds. The lowest BCUT2D eigenvalue weighted by Crippen LogP contribution is -2.03. The van der Waals surface area contributed by atoms with Crippen molar-refractivity contribution in [3.05, 3.63) is 33.3 Å². The summed E-state index contributed by atoms with van der Waals surface area (Å²) in [6.45, 7) is 0. The van der Waals surface area contributed by atoms with Crippen molar-refractivity contribution < 1.29 is 0 Å². The van der Waals surface area contributed by atoms with Crippen LogP contribution in [0.3, 0.4) is 0 Å². The average Bonchev–Trinajstić information content (AvgIpc) is 2.36. The van der Waals surface area contributed by atoms with Crippen LogP contribution in [0.2, 0.25) is 0 Å². The summed E-state index contributed by atoms with van der Waals surface area (Å²) in [5, 5.41) is 0.742. The second kappa shape index (κ2) is 2.61. The quantitative estimate of drug-likeness (QED) is 0.607. The largest absolute Gasteiger partial charge is 0.281 e. The Morgan fingerprint density at radius 2 is 2.36 bits per heavy atom. The molecular formula is C8H5BrClN. The Hall–Kier alpha value is -0.340. The first-order chi connectivity index (χ1) is 5.27. The first-order valence-electron chi connectivity index (χ1n) is 3.25. The van der Waals surface area contributed by atoms with E-state index >= 15 is 0 Å². The molecule has 0 radical (unpaired) electrons. The minimum absolute atomic E-state index is 0.156. The molecule has 0 fully saturated rings. The molecule has 3 heteroatoms. The number of halogens is 2. The molecule has 0 aromatic carbocycles. The Morgan fingerprint density at radius 1 is 1.55 bits per heavy atom. The number of aliphatic imine (C=N–C) groups is 1. The van der Waals surface area contributed by atoms with Gasteiger partial charge in [-0.2, -0.15) is 0 Å². The Labute approximate surface area is 78.3 Å². The van der Waals surface area contributed by atoms with Crippen LogP contribution in [0.25, 0.3) is 0 Å². The maximum Gasteiger partial charge on any atom is 0.0948 e. The van der Waals surface area contributed by atoms with E-state index in [0.29, 0.717) is 0 Å². The van der Waals surface area contributed by atoms with Gasteiger partial charge in [-0.3, -0.25) is 4.99 Å². The van der Waals surface area contributed by atoms with Gasteiger partial charge in [-0.1, -0.05) is 11.6 Å². The monoisotopic (exact) mass is 229 g/mol. The lowest BCUT2D eigenvalue weighted by molar-refractivity contribution is 0.997. The maximum atomic E-state index is 5.88. The fourth-order valence-corrected chi connectivity index (χ4v) is 1.68. The molecule has 11 heavy (non-hydrogen) atoms. The highest BCUT2D eigenvalue weighted by Gasteiger charge is 2.18. The highest BCUT2D eigenvalue weighted by atomic mass is 79.9. The molecule has 56 valence electrons. The lowest BCUT2D eigenvalue weighted by Gasteiger charge is -2.11. The number of hydrogen-bond acceptors (Lipinski definition) is 1. The minimum Gasteiger partial charge on any atom is -0.281 e. The summed E-state index contributed by atoms with van der Waals surface area (Å²) in [6, 6.07) is 0.156. The lowest BCUT2D eigenvalue weighted by atomic mass is 10.0. The van der Waals surface area contributed by atoms with Gasteiger partial charge in [0, 0.05) is 10.7 Å². The molecule has 0 aromatic rings. The van der Waals surface area contributed by atoms with E-state index in [2.05, 4.69) is 20.9 Å². The van der Waals surface area contributed by atoms with Crippen LogP contribution in [0, 0.1) is 0 Å². The summed E-state index contributed by atoms with van der Waals surface area (Å²) in [4.78, 5) is 4.20. The third-order valence-electron chi connectivity index (χ3n) is 1.68. The average molecular weight is 230 g/mol. The third-order valence-corrected chi connectivity index (χ3v) is 2.89. The summed E-state index contributed by atoms with van der Waals surface area (Å²) in [5.41, 5.74) is 1.20. The van der Waals surface area contributed by atoms with Crippen LogP contribution in [-0.4, -0.2) is 12.3 Å². The summed E-state index contributed by atoms with van der Waals surface area (Å²) in [5.74, 6) is 0. The van der Waals surface area contributed by atoms with Crippen LogP contribution < -0.4 is 0 Å². The number of hydrogen-bond donors (Lipinski definition) is 0. The van der Waals surface area contributed by atoms with E-state index in [-0.39, 0.29) is 6.04 Å². The van der Waals surface area contributed by atoms with Crippen LogP contribution in [0.1, 0.15) is 0 Å². The van der Waals surface area contributed by atoms with E-state index in [0.717, 1.165) is 9.51 Å². The van der Waals surface area contributed by atoms with Crippen molar-refractivity contribution in [3.8, 4) is 0 Å². The van der Waals surface area contributed by atoms with E-state index in [9.17, 15) is 0 Å². The first-order valence-corrected chi connectivity index (χ1v) is 4.43. The molecule has 1 heterocycles. The van der Waals surface area contributed by atoms with Crippen molar-refractivity contribution in [1.29, 1.82) is 0 Å². The molecule has 0 saturated heterocycles. The van der Waals surface area contributed by atoms with E-state index in [4.69, 9.17) is 11.6 Å². The van der Waals surface area contributed by atoms with Crippen LogP contribution >= 0.6 is 27.5 Å². The molecule has 2 rings (SSSR count). The molecular weight excluding hydrogens is 225 g/mol. The number of nitrogens with zero attached hydrogens (tertiary/aromatic N) is 1. The van der Waals surface area contributed by atoms with Crippen molar-refractivity contribution in [2.24, 2.45) is 4.99 Å². The van der Waals surface area contributed by atoms with Gasteiger partial charge in [-0.15, -0.1) is 0 Å². The number of rotatable bonds is 0. The normalized spacial score (nSPS) is 27.5. The molecule has 0 bridgehead atoms. The second-order valence-corrected chi connectivity index (χ2v) is 3.68. The fourth-order valence-electron chi connectivity index (χ4n) is 1.11. The predicted molar refractivity (Wildman–Crippen MR) is 51.3 cm³/mol. The van der Waals surface area contributed by atoms with Gasteiger partial charge >= 0.3 is 0 Å². The predicted octanol–water partition coefficient (Wildman–Crippen LogP) is 2.78. The Balaban J connectivity index is 2.43. The summed E-state index contributed by atoms with van der Waals surface area (Å²) < 4.78 is 0.937. The van der Waals surface area contributed by atoms with Crippen molar-refractivity contribution in [1.82, 2.24) is 0 Å². The van der Waals surface area contributed by atoms with Gasteiger partial charge in [0.1, 0.15) is 0 Å². The number of allylic oxidation sites excluding steroid dienone is 3. The molecule has 1 atom stereocenters. The molecule has 0 N–H and O–H groups in total. The minimum atomic E-state index is 0.156. The smallest absolute Gasteiger partial charge is 0.0948 e. The van der Waals surface area contributed by atoms with E-state index in [1.165, 1.54) is 5.57 Å². The SMILES string of the molecule is ClC1=CC2N=CC=C2C=C1Br. The zero-order chi connectivity index (χ0) is 7.84. The molecule has 0 spiro atoms. The van der Waals surface area contributed by atoms with Crippen molar-refractivity contribution >= 4 is 33.7 Å². The zero-order valence-corrected chi connectivity index (χ0v) is 7.93. The molecule has 1 aliphatic carbocycles. The van der Waals surface area contributed by atoms with Crippen LogP contribution in [0.4, 0.5) is 0 Å². The third kappa shape index (κ3) is 1.21. The second-order valence-electron chi connectivity index (χ2n) is 2.42. The first kappa shape index (κ1) is 7.32. The highest BCUT2D eigenvalue weighted by Crippen LogP contribution is 2.31. The molecule has 1 unspecified atom stereocenters. The van der Waals surface area contributed by atoms with Gasteiger partial charge in [-0.05, 0) is 39.7 Å². The summed E-state index contributed by atoms with van der Waals surface area (Å²) >= 11 is 9.23.